The summed E-state index contributed by atoms with van der Waals surface area (Å²) in [4.78, 5) is 14.7. The molecule has 1 fully saturated rings. The molecule has 0 aromatic heterocycles. The van der Waals surface area contributed by atoms with Gasteiger partial charge in [0.25, 0.3) is 0 Å². The van der Waals surface area contributed by atoms with Gasteiger partial charge in [0, 0.05) is 31.9 Å². The highest BCUT2D eigenvalue weighted by atomic mass is 32.2. The fourth-order valence-corrected chi connectivity index (χ4v) is 5.33. The Morgan fingerprint density at radius 2 is 1.47 bits per heavy atom. The minimum absolute atomic E-state index is 0.0640. The Hall–Kier alpha value is -3.21. The summed E-state index contributed by atoms with van der Waals surface area (Å²) in [6.45, 7) is 0.599. The van der Waals surface area contributed by atoms with Crippen LogP contribution in [-0.4, -0.2) is 49.7 Å². The Kier molecular flexibility index (Phi) is 7.01. The molecule has 1 atom stereocenters. The molecule has 0 radical (unpaired) electrons. The van der Waals surface area contributed by atoms with Crippen molar-refractivity contribution in [1.29, 1.82) is 0 Å². The predicted molar refractivity (Wildman–Crippen MR) is 121 cm³/mol. The van der Waals surface area contributed by atoms with Crippen molar-refractivity contribution in [2.45, 2.75) is 10.9 Å². The molecule has 1 N–H and O–H groups in total. The highest BCUT2D eigenvalue weighted by molar-refractivity contribution is 7.89. The molecular formula is C24H22F3N3O3S. The monoisotopic (exact) mass is 489 g/mol. The quantitative estimate of drug-likeness (QED) is 0.572. The number of halogens is 3. The SMILES string of the molecule is O=C(Nc1ccc(F)cc1)[C@H](c1ccccc1)N1CCN(S(=O)(=O)c2ccc(F)c(F)c2)CC1. The van der Waals surface area contributed by atoms with Crippen LogP contribution >= 0.6 is 0 Å². The number of anilines is 1. The summed E-state index contributed by atoms with van der Waals surface area (Å²) in [5, 5.41) is 2.79. The molecule has 10 heteroatoms. The maximum Gasteiger partial charge on any atom is 0.246 e. The van der Waals surface area contributed by atoms with Gasteiger partial charge in [-0.1, -0.05) is 30.3 Å². The molecule has 3 aromatic rings. The number of rotatable bonds is 6. The maximum absolute atomic E-state index is 13.6. The van der Waals surface area contributed by atoms with E-state index < -0.39 is 33.5 Å². The summed E-state index contributed by atoms with van der Waals surface area (Å²) >= 11 is 0. The summed E-state index contributed by atoms with van der Waals surface area (Å²) < 4.78 is 67.1. The number of hydrogen-bond acceptors (Lipinski definition) is 4. The van der Waals surface area contributed by atoms with E-state index in [1.165, 1.54) is 28.6 Å². The Morgan fingerprint density at radius 3 is 2.09 bits per heavy atom. The van der Waals surface area contributed by atoms with Gasteiger partial charge >= 0.3 is 0 Å². The lowest BCUT2D eigenvalue weighted by molar-refractivity contribution is -0.122. The van der Waals surface area contributed by atoms with Crippen LogP contribution in [0.1, 0.15) is 11.6 Å². The van der Waals surface area contributed by atoms with Crippen LogP contribution < -0.4 is 5.32 Å². The van der Waals surface area contributed by atoms with Gasteiger partial charge in [0.1, 0.15) is 11.9 Å². The molecule has 0 bridgehead atoms. The van der Waals surface area contributed by atoms with Crippen LogP contribution in [0.5, 0.6) is 0 Å². The van der Waals surface area contributed by atoms with Crippen LogP contribution in [-0.2, 0) is 14.8 Å². The first-order valence-corrected chi connectivity index (χ1v) is 12.0. The van der Waals surface area contributed by atoms with Gasteiger partial charge in [-0.05, 0) is 48.0 Å². The molecule has 6 nitrogen and oxygen atoms in total. The highest BCUT2D eigenvalue weighted by Gasteiger charge is 2.34. The molecule has 1 aliphatic rings. The molecule has 0 spiro atoms. The van der Waals surface area contributed by atoms with E-state index in [0.717, 1.165) is 17.7 Å². The molecule has 1 saturated heterocycles. The highest BCUT2D eigenvalue weighted by Crippen LogP contribution is 2.27. The van der Waals surface area contributed by atoms with Gasteiger partial charge in [-0.25, -0.2) is 21.6 Å². The fraction of sp³-hybridized carbons (Fsp3) is 0.208. The average molecular weight is 490 g/mol. The van der Waals surface area contributed by atoms with Crippen molar-refractivity contribution in [1.82, 2.24) is 9.21 Å². The van der Waals surface area contributed by atoms with Crippen molar-refractivity contribution >= 4 is 21.6 Å². The fourth-order valence-electron chi connectivity index (χ4n) is 3.90. The Labute approximate surface area is 195 Å². The lowest BCUT2D eigenvalue weighted by Gasteiger charge is -2.38. The molecule has 1 aliphatic heterocycles. The van der Waals surface area contributed by atoms with E-state index in [2.05, 4.69) is 5.32 Å². The number of hydrogen-bond donors (Lipinski definition) is 1. The second-order valence-electron chi connectivity index (χ2n) is 7.83. The van der Waals surface area contributed by atoms with Crippen molar-refractivity contribution < 1.29 is 26.4 Å². The maximum atomic E-state index is 13.6. The van der Waals surface area contributed by atoms with Gasteiger partial charge < -0.3 is 5.32 Å². The third kappa shape index (κ3) is 5.14. The summed E-state index contributed by atoms with van der Waals surface area (Å²) in [7, 11) is -4.02. The number of piperazine rings is 1. The van der Waals surface area contributed by atoms with Crippen molar-refractivity contribution in [3.63, 3.8) is 0 Å². The van der Waals surface area contributed by atoms with Gasteiger partial charge in [-0.15, -0.1) is 0 Å². The van der Waals surface area contributed by atoms with Crippen molar-refractivity contribution in [2.24, 2.45) is 0 Å². The molecule has 0 aliphatic carbocycles. The zero-order valence-corrected chi connectivity index (χ0v) is 18.8. The number of nitrogens with one attached hydrogen (secondary N) is 1. The first-order valence-electron chi connectivity index (χ1n) is 10.6. The van der Waals surface area contributed by atoms with Gasteiger partial charge in [-0.3, -0.25) is 9.69 Å². The summed E-state index contributed by atoms with van der Waals surface area (Å²) in [5.41, 5.74) is 1.16. The first-order chi connectivity index (χ1) is 16.3. The molecule has 0 unspecified atom stereocenters. The summed E-state index contributed by atoms with van der Waals surface area (Å²) in [6, 6.07) is 16.2. The number of nitrogens with zero attached hydrogens (tertiary/aromatic N) is 2. The normalized spacial score (nSPS) is 16.2. The molecule has 34 heavy (non-hydrogen) atoms. The lowest BCUT2D eigenvalue weighted by atomic mass is 10.0. The van der Waals surface area contributed by atoms with E-state index in [9.17, 15) is 26.4 Å². The van der Waals surface area contributed by atoms with E-state index in [1.807, 2.05) is 11.0 Å². The van der Waals surface area contributed by atoms with E-state index in [4.69, 9.17) is 0 Å². The molecule has 3 aromatic carbocycles. The van der Waals surface area contributed by atoms with E-state index in [-0.39, 0.29) is 37.0 Å². The zero-order valence-electron chi connectivity index (χ0n) is 18.0. The largest absolute Gasteiger partial charge is 0.324 e. The first kappa shape index (κ1) is 23.9. The lowest BCUT2D eigenvalue weighted by Crippen LogP contribution is -2.51. The molecule has 0 saturated carbocycles. The third-order valence-electron chi connectivity index (χ3n) is 5.64. The van der Waals surface area contributed by atoms with Crippen LogP contribution in [0.3, 0.4) is 0 Å². The van der Waals surface area contributed by atoms with Crippen LogP contribution in [0.4, 0.5) is 18.9 Å². The summed E-state index contributed by atoms with van der Waals surface area (Å²) in [6.07, 6.45) is 0. The third-order valence-corrected chi connectivity index (χ3v) is 7.54. The number of carbonyl (C=O) groups is 1. The molecule has 1 amide bonds. The van der Waals surface area contributed by atoms with E-state index in [0.29, 0.717) is 11.8 Å². The van der Waals surface area contributed by atoms with Gasteiger partial charge in [0.05, 0.1) is 4.90 Å². The number of amides is 1. The average Bonchev–Trinajstić information content (AvgIpc) is 2.83. The molecule has 178 valence electrons. The Balaban J connectivity index is 1.52. The van der Waals surface area contributed by atoms with Crippen LogP contribution in [0, 0.1) is 17.5 Å². The molecule has 4 rings (SSSR count). The Morgan fingerprint density at radius 1 is 0.824 bits per heavy atom. The number of carbonyl (C=O) groups excluding carboxylic acids is 1. The van der Waals surface area contributed by atoms with Crippen LogP contribution in [0.15, 0.2) is 77.7 Å². The van der Waals surface area contributed by atoms with E-state index in [1.54, 1.807) is 24.3 Å². The minimum atomic E-state index is -4.02. The smallest absolute Gasteiger partial charge is 0.246 e. The van der Waals surface area contributed by atoms with E-state index >= 15 is 0 Å². The minimum Gasteiger partial charge on any atom is -0.324 e. The van der Waals surface area contributed by atoms with Gasteiger partial charge in [0.15, 0.2) is 11.6 Å². The topological polar surface area (TPSA) is 69.7 Å². The Bertz CT molecular complexity index is 1260. The van der Waals surface area contributed by atoms with Crippen LogP contribution in [0.25, 0.3) is 0 Å². The zero-order chi connectivity index (χ0) is 24.3. The second kappa shape index (κ2) is 9.96. The van der Waals surface area contributed by atoms with Crippen LogP contribution in [0.2, 0.25) is 0 Å². The van der Waals surface area contributed by atoms with Gasteiger partial charge in [0.2, 0.25) is 15.9 Å². The number of benzene rings is 3. The van der Waals surface area contributed by atoms with Gasteiger partial charge in [-0.2, -0.15) is 4.31 Å². The van der Waals surface area contributed by atoms with Crippen molar-refractivity contribution in [3.8, 4) is 0 Å². The second-order valence-corrected chi connectivity index (χ2v) is 9.76. The summed E-state index contributed by atoms with van der Waals surface area (Å²) in [5.74, 6) is -3.12. The number of sulfonamides is 1. The predicted octanol–water partition coefficient (Wildman–Crippen LogP) is 3.79. The molecular weight excluding hydrogens is 467 g/mol. The van der Waals surface area contributed by atoms with Crippen molar-refractivity contribution in [3.05, 3.63) is 95.8 Å². The van der Waals surface area contributed by atoms with Crippen molar-refractivity contribution in [2.75, 3.05) is 31.5 Å². The standard InChI is InChI=1S/C24H22F3N3O3S/c25-18-6-8-19(9-7-18)28-24(31)23(17-4-2-1-3-5-17)29-12-14-30(15-13-29)34(32,33)20-10-11-21(26)22(27)16-20/h1-11,16,23H,12-15H2,(H,28,31)/t23-/m0/s1. The molecule has 1 heterocycles.